The molecule has 0 spiro atoms. The van der Waals surface area contributed by atoms with E-state index < -0.39 is 0 Å². The molecule has 0 N–H and O–H groups in total. The lowest BCUT2D eigenvalue weighted by Crippen LogP contribution is -2.52. The van der Waals surface area contributed by atoms with E-state index in [1.807, 2.05) is 36.4 Å². The zero-order chi connectivity index (χ0) is 22.8. The van der Waals surface area contributed by atoms with Crippen molar-refractivity contribution < 1.29 is 0 Å². The predicted molar refractivity (Wildman–Crippen MR) is 132 cm³/mol. The van der Waals surface area contributed by atoms with E-state index in [2.05, 4.69) is 38.7 Å². The predicted octanol–water partition coefficient (Wildman–Crippen LogP) is 4.38. The number of halogens is 1. The Morgan fingerprint density at radius 2 is 1.79 bits per heavy atom. The summed E-state index contributed by atoms with van der Waals surface area (Å²) in [4.78, 5) is 21.2. The minimum atomic E-state index is 0.229. The van der Waals surface area contributed by atoms with Crippen LogP contribution >= 0.6 is 11.6 Å². The normalized spacial score (nSPS) is 18.5. The lowest BCUT2D eigenvalue weighted by atomic mass is 10.1. The number of aromatic nitrogens is 3. The van der Waals surface area contributed by atoms with E-state index >= 15 is 0 Å². The molecule has 0 radical (unpaired) electrons. The highest BCUT2D eigenvalue weighted by atomic mass is 35.5. The number of piperazine rings is 1. The van der Waals surface area contributed by atoms with Gasteiger partial charge < -0.3 is 14.7 Å². The van der Waals surface area contributed by atoms with Crippen molar-refractivity contribution >= 4 is 29.2 Å². The monoisotopic (exact) mass is 459 g/mol. The molecule has 0 aliphatic carbocycles. The van der Waals surface area contributed by atoms with E-state index in [9.17, 15) is 0 Å². The molecule has 3 aromatic rings. The lowest BCUT2D eigenvalue weighted by molar-refractivity contribution is 0.542. The largest absolute Gasteiger partial charge is 0.352 e. The van der Waals surface area contributed by atoms with Gasteiger partial charge in [-0.25, -0.2) is 9.97 Å². The molecule has 5 rings (SSSR count). The van der Waals surface area contributed by atoms with Crippen molar-refractivity contribution in [2.45, 2.75) is 25.8 Å². The summed E-state index contributed by atoms with van der Waals surface area (Å²) in [7, 11) is 0. The van der Waals surface area contributed by atoms with Crippen molar-refractivity contribution in [1.82, 2.24) is 15.0 Å². The van der Waals surface area contributed by atoms with Gasteiger partial charge in [-0.1, -0.05) is 23.7 Å². The summed E-state index contributed by atoms with van der Waals surface area (Å²) in [5.41, 5.74) is 2.52. The summed E-state index contributed by atoms with van der Waals surface area (Å²) in [6, 6.07) is 15.8. The molecule has 0 amide bonds. The summed E-state index contributed by atoms with van der Waals surface area (Å²) < 4.78 is 0. The quantitative estimate of drug-likeness (QED) is 0.573. The average Bonchev–Trinajstić information content (AvgIpc) is 3.39. The number of rotatable bonds is 4. The van der Waals surface area contributed by atoms with Crippen LogP contribution in [0.3, 0.4) is 0 Å². The van der Waals surface area contributed by atoms with Gasteiger partial charge in [0.05, 0.1) is 22.3 Å². The Morgan fingerprint density at radius 3 is 2.48 bits per heavy atom. The first-order valence-electron chi connectivity index (χ1n) is 11.4. The highest BCUT2D eigenvalue weighted by molar-refractivity contribution is 6.32. The van der Waals surface area contributed by atoms with Gasteiger partial charge in [-0.05, 0) is 44.0 Å². The van der Waals surface area contributed by atoms with Crippen LogP contribution < -0.4 is 14.7 Å². The molecule has 1 atom stereocenters. The molecule has 2 saturated heterocycles. The highest BCUT2D eigenvalue weighted by Crippen LogP contribution is 2.30. The number of hydrogen-bond donors (Lipinski definition) is 0. The number of benzene rings is 1. The van der Waals surface area contributed by atoms with Crippen molar-refractivity contribution in [2.75, 3.05) is 47.4 Å². The van der Waals surface area contributed by atoms with Gasteiger partial charge in [-0.15, -0.1) is 0 Å². The Balaban J connectivity index is 1.46. The Bertz CT molecular complexity index is 1170. The van der Waals surface area contributed by atoms with E-state index in [0.29, 0.717) is 10.6 Å². The van der Waals surface area contributed by atoms with Gasteiger partial charge in [-0.2, -0.15) is 10.2 Å². The second-order valence-electron chi connectivity index (χ2n) is 8.59. The number of anilines is 3. The van der Waals surface area contributed by atoms with Crippen LogP contribution in [0.2, 0.25) is 5.02 Å². The topological polar surface area (TPSA) is 72.2 Å². The SMILES string of the molecule is C[C@@H]1CN(c2ncccc2Cl)CCN1c1cc(-c2ccc(C#N)cc2)nc(N2CCCC2)n1. The van der Waals surface area contributed by atoms with Crippen molar-refractivity contribution in [1.29, 1.82) is 5.26 Å². The van der Waals surface area contributed by atoms with Crippen molar-refractivity contribution in [2.24, 2.45) is 0 Å². The van der Waals surface area contributed by atoms with E-state index in [1.165, 1.54) is 12.8 Å². The molecule has 2 fully saturated rings. The van der Waals surface area contributed by atoms with Crippen molar-refractivity contribution in [3.8, 4) is 17.3 Å². The summed E-state index contributed by atoms with van der Waals surface area (Å²) >= 11 is 6.40. The van der Waals surface area contributed by atoms with E-state index in [4.69, 9.17) is 26.8 Å². The van der Waals surface area contributed by atoms with Gasteiger partial charge in [0.15, 0.2) is 0 Å². The van der Waals surface area contributed by atoms with E-state index in [1.54, 1.807) is 6.20 Å². The van der Waals surface area contributed by atoms with E-state index in [0.717, 1.165) is 61.6 Å². The Kier molecular flexibility index (Phi) is 6.01. The molecule has 168 valence electrons. The number of nitrogens with zero attached hydrogens (tertiary/aromatic N) is 7. The van der Waals surface area contributed by atoms with Gasteiger partial charge >= 0.3 is 0 Å². The van der Waals surface area contributed by atoms with Gasteiger partial charge in [0.2, 0.25) is 5.95 Å². The van der Waals surface area contributed by atoms with E-state index in [-0.39, 0.29) is 6.04 Å². The third-order valence-corrected chi connectivity index (χ3v) is 6.65. The van der Waals surface area contributed by atoms with Gasteiger partial charge in [0.1, 0.15) is 11.6 Å². The van der Waals surface area contributed by atoms with Gasteiger partial charge in [-0.3, -0.25) is 0 Å². The van der Waals surface area contributed by atoms with Crippen LogP contribution in [-0.2, 0) is 0 Å². The number of pyridine rings is 1. The minimum Gasteiger partial charge on any atom is -0.352 e. The maximum Gasteiger partial charge on any atom is 0.227 e. The second-order valence-corrected chi connectivity index (χ2v) is 9.00. The lowest BCUT2D eigenvalue weighted by Gasteiger charge is -2.41. The molecule has 2 aliphatic rings. The first-order chi connectivity index (χ1) is 16.1. The highest BCUT2D eigenvalue weighted by Gasteiger charge is 2.28. The Hall–Kier alpha value is -3.37. The molecule has 33 heavy (non-hydrogen) atoms. The molecule has 2 aromatic heterocycles. The molecule has 0 unspecified atom stereocenters. The summed E-state index contributed by atoms with van der Waals surface area (Å²) in [5, 5.41) is 9.83. The smallest absolute Gasteiger partial charge is 0.227 e. The van der Waals surface area contributed by atoms with Gasteiger partial charge in [0.25, 0.3) is 0 Å². The van der Waals surface area contributed by atoms with Crippen LogP contribution in [0.4, 0.5) is 17.6 Å². The van der Waals surface area contributed by atoms with Crippen LogP contribution in [-0.4, -0.2) is 53.7 Å². The summed E-state index contributed by atoms with van der Waals surface area (Å²) in [6.07, 6.45) is 4.12. The zero-order valence-electron chi connectivity index (χ0n) is 18.7. The maximum atomic E-state index is 9.15. The molecule has 4 heterocycles. The molecule has 1 aromatic carbocycles. The van der Waals surface area contributed by atoms with Crippen LogP contribution in [0.1, 0.15) is 25.3 Å². The van der Waals surface area contributed by atoms with Crippen LogP contribution in [0.25, 0.3) is 11.3 Å². The van der Waals surface area contributed by atoms with Gasteiger partial charge in [0, 0.05) is 56.6 Å². The van der Waals surface area contributed by atoms with Crippen LogP contribution in [0.15, 0.2) is 48.7 Å². The number of hydrogen-bond acceptors (Lipinski definition) is 7. The fourth-order valence-electron chi connectivity index (χ4n) is 4.59. The third-order valence-electron chi connectivity index (χ3n) is 6.36. The molecule has 7 nitrogen and oxygen atoms in total. The fourth-order valence-corrected chi connectivity index (χ4v) is 4.83. The minimum absolute atomic E-state index is 0.229. The first kappa shape index (κ1) is 21.5. The molecule has 8 heteroatoms. The van der Waals surface area contributed by atoms with Crippen molar-refractivity contribution in [3.63, 3.8) is 0 Å². The molecule has 0 bridgehead atoms. The Labute approximate surface area is 199 Å². The first-order valence-corrected chi connectivity index (χ1v) is 11.8. The molecular formula is C25H26ClN7. The van der Waals surface area contributed by atoms with Crippen LogP contribution in [0.5, 0.6) is 0 Å². The fraction of sp³-hybridized carbons (Fsp3) is 0.360. The zero-order valence-corrected chi connectivity index (χ0v) is 19.4. The summed E-state index contributed by atoms with van der Waals surface area (Å²) in [5.74, 6) is 2.56. The molecular weight excluding hydrogens is 434 g/mol. The van der Waals surface area contributed by atoms with Crippen LogP contribution in [0, 0.1) is 11.3 Å². The Morgan fingerprint density at radius 1 is 1.00 bits per heavy atom. The standard InChI is InChI=1S/C25H26ClN7/c1-18-17-32(24-21(26)5-4-10-28-24)13-14-33(18)23-15-22(20-8-6-19(16-27)7-9-20)29-25(30-23)31-11-2-3-12-31/h4-10,15,18H,2-3,11-14,17H2,1H3/t18-/m1/s1. The summed E-state index contributed by atoms with van der Waals surface area (Å²) in [6.45, 7) is 6.62. The average molecular weight is 460 g/mol. The molecule has 2 aliphatic heterocycles. The maximum absolute atomic E-state index is 9.15. The van der Waals surface area contributed by atoms with Crippen molar-refractivity contribution in [3.05, 3.63) is 59.2 Å². The number of nitriles is 1. The molecule has 0 saturated carbocycles. The second kappa shape index (κ2) is 9.24. The third kappa shape index (κ3) is 4.44.